The first-order valence-electron chi connectivity index (χ1n) is 7.69. The number of anilines is 1. The van der Waals surface area contributed by atoms with Crippen molar-refractivity contribution in [2.24, 2.45) is 5.41 Å². The van der Waals surface area contributed by atoms with Gasteiger partial charge in [-0.15, -0.1) is 0 Å². The highest BCUT2D eigenvalue weighted by Crippen LogP contribution is 2.20. The third kappa shape index (κ3) is 7.78. The van der Waals surface area contributed by atoms with Gasteiger partial charge in [-0.05, 0) is 24.0 Å². The van der Waals surface area contributed by atoms with Gasteiger partial charge in [0.15, 0.2) is 0 Å². The van der Waals surface area contributed by atoms with Crippen molar-refractivity contribution in [3.05, 3.63) is 29.3 Å². The molecule has 2 N–H and O–H groups in total. The molecule has 0 aliphatic rings. The Kier molecular flexibility index (Phi) is 7.87. The number of benzene rings is 1. The molecule has 1 aromatic rings. The van der Waals surface area contributed by atoms with Gasteiger partial charge in [0.1, 0.15) is 0 Å². The quantitative estimate of drug-likeness (QED) is 0.770. The van der Waals surface area contributed by atoms with Crippen LogP contribution in [0.3, 0.4) is 0 Å². The van der Waals surface area contributed by atoms with Crippen LogP contribution < -0.4 is 5.32 Å². The lowest BCUT2D eigenvalue weighted by atomic mass is 9.96. The molecule has 22 heavy (non-hydrogen) atoms. The molecule has 4 nitrogen and oxygen atoms in total. The second kappa shape index (κ2) is 9.13. The predicted molar refractivity (Wildman–Crippen MR) is 92.3 cm³/mol. The lowest BCUT2D eigenvalue weighted by molar-refractivity contribution is -0.116. The van der Waals surface area contributed by atoms with Crippen LogP contribution in [0.25, 0.3) is 0 Å². The summed E-state index contributed by atoms with van der Waals surface area (Å²) in [7, 11) is 0. The molecule has 0 bridgehead atoms. The third-order valence-electron chi connectivity index (χ3n) is 3.13. The van der Waals surface area contributed by atoms with Crippen molar-refractivity contribution in [2.75, 3.05) is 31.6 Å². The largest absolute Gasteiger partial charge is 0.396 e. The summed E-state index contributed by atoms with van der Waals surface area (Å²) in [5.41, 5.74) is 0.807. The number of aliphatic hydroxyl groups excluding tert-OH is 1. The fraction of sp³-hybridized carbons (Fsp3) is 0.588. The van der Waals surface area contributed by atoms with Crippen molar-refractivity contribution < 1.29 is 9.90 Å². The van der Waals surface area contributed by atoms with Crippen LogP contribution in [0.4, 0.5) is 5.69 Å². The van der Waals surface area contributed by atoms with E-state index < -0.39 is 0 Å². The fourth-order valence-electron chi connectivity index (χ4n) is 2.27. The first kappa shape index (κ1) is 18.9. The van der Waals surface area contributed by atoms with Crippen LogP contribution in [0.5, 0.6) is 0 Å². The maximum absolute atomic E-state index is 12.1. The van der Waals surface area contributed by atoms with Crippen molar-refractivity contribution in [3.8, 4) is 0 Å². The zero-order chi connectivity index (χ0) is 16.6. The number of rotatable bonds is 8. The van der Waals surface area contributed by atoms with E-state index in [0.717, 1.165) is 19.5 Å². The van der Waals surface area contributed by atoms with E-state index >= 15 is 0 Å². The first-order valence-corrected chi connectivity index (χ1v) is 8.07. The average molecular weight is 327 g/mol. The Hall–Kier alpha value is -1.10. The van der Waals surface area contributed by atoms with Gasteiger partial charge < -0.3 is 15.3 Å². The summed E-state index contributed by atoms with van der Waals surface area (Å²) in [4.78, 5) is 14.3. The number of carbonyl (C=O) groups is 1. The van der Waals surface area contributed by atoms with Crippen LogP contribution in [0.2, 0.25) is 5.02 Å². The maximum Gasteiger partial charge on any atom is 0.225 e. The topological polar surface area (TPSA) is 52.6 Å². The van der Waals surface area contributed by atoms with Crippen LogP contribution in [-0.4, -0.2) is 42.2 Å². The summed E-state index contributed by atoms with van der Waals surface area (Å²) in [5.74, 6) is -0.0454. The molecule has 0 saturated carbocycles. The van der Waals surface area contributed by atoms with E-state index in [1.807, 2.05) is 12.1 Å². The predicted octanol–water partition coefficient (Wildman–Crippen LogP) is 3.40. The van der Waals surface area contributed by atoms with Gasteiger partial charge >= 0.3 is 0 Å². The number of para-hydroxylation sites is 1. The Morgan fingerprint density at radius 3 is 2.55 bits per heavy atom. The van der Waals surface area contributed by atoms with Crippen LogP contribution in [0.15, 0.2) is 24.3 Å². The minimum atomic E-state index is -0.0454. The number of halogens is 1. The highest BCUT2D eigenvalue weighted by molar-refractivity contribution is 6.33. The molecule has 0 aliphatic heterocycles. The van der Waals surface area contributed by atoms with E-state index in [-0.39, 0.29) is 17.9 Å². The van der Waals surface area contributed by atoms with E-state index in [4.69, 9.17) is 16.7 Å². The zero-order valence-electron chi connectivity index (χ0n) is 13.7. The number of nitrogens with zero attached hydrogens (tertiary/aromatic N) is 1. The lowest BCUT2D eigenvalue weighted by Gasteiger charge is -2.29. The molecule has 5 heteroatoms. The molecule has 1 amide bonds. The summed E-state index contributed by atoms with van der Waals surface area (Å²) >= 11 is 6.03. The first-order chi connectivity index (χ1) is 10.3. The van der Waals surface area contributed by atoms with Gasteiger partial charge in [-0.3, -0.25) is 4.79 Å². The van der Waals surface area contributed by atoms with Gasteiger partial charge in [-0.25, -0.2) is 0 Å². The van der Waals surface area contributed by atoms with Crippen molar-refractivity contribution in [1.29, 1.82) is 0 Å². The molecule has 0 atom stereocenters. The van der Waals surface area contributed by atoms with Crippen molar-refractivity contribution in [3.63, 3.8) is 0 Å². The van der Waals surface area contributed by atoms with E-state index in [1.165, 1.54) is 0 Å². The Morgan fingerprint density at radius 1 is 1.27 bits per heavy atom. The molecule has 0 radical (unpaired) electrons. The zero-order valence-corrected chi connectivity index (χ0v) is 14.5. The highest BCUT2D eigenvalue weighted by atomic mass is 35.5. The average Bonchev–Trinajstić information content (AvgIpc) is 2.43. The van der Waals surface area contributed by atoms with E-state index in [0.29, 0.717) is 23.7 Å². The molecule has 0 unspecified atom stereocenters. The van der Waals surface area contributed by atoms with Gasteiger partial charge in [0.05, 0.1) is 10.7 Å². The van der Waals surface area contributed by atoms with Gasteiger partial charge in [-0.2, -0.15) is 0 Å². The summed E-state index contributed by atoms with van der Waals surface area (Å²) in [6.07, 6.45) is 1.13. The molecule has 0 aliphatic carbocycles. The Labute approximate surface area is 138 Å². The molecule has 124 valence electrons. The molecule has 1 aromatic carbocycles. The molecule has 0 spiro atoms. The van der Waals surface area contributed by atoms with Crippen LogP contribution >= 0.6 is 11.6 Å². The van der Waals surface area contributed by atoms with Crippen LogP contribution in [-0.2, 0) is 4.79 Å². The van der Waals surface area contributed by atoms with E-state index in [2.05, 4.69) is 31.0 Å². The van der Waals surface area contributed by atoms with Gasteiger partial charge in [-0.1, -0.05) is 44.5 Å². The number of hydrogen-bond acceptors (Lipinski definition) is 3. The van der Waals surface area contributed by atoms with Crippen molar-refractivity contribution in [1.82, 2.24) is 4.90 Å². The minimum absolute atomic E-state index is 0.0454. The second-order valence-electron chi connectivity index (χ2n) is 6.69. The third-order valence-corrected chi connectivity index (χ3v) is 3.46. The summed E-state index contributed by atoms with van der Waals surface area (Å²) in [6.45, 7) is 9.05. The molecular formula is C17H27ClN2O2. The Morgan fingerprint density at radius 2 is 1.95 bits per heavy atom. The summed E-state index contributed by atoms with van der Waals surface area (Å²) in [6, 6.07) is 7.22. The molecule has 0 fully saturated rings. The molecule has 0 heterocycles. The molecule has 0 aromatic heterocycles. The van der Waals surface area contributed by atoms with Crippen molar-refractivity contribution in [2.45, 2.75) is 33.6 Å². The lowest BCUT2D eigenvalue weighted by Crippen LogP contribution is -2.36. The number of aliphatic hydroxyl groups is 1. The summed E-state index contributed by atoms with van der Waals surface area (Å²) < 4.78 is 0. The van der Waals surface area contributed by atoms with Gasteiger partial charge in [0.25, 0.3) is 0 Å². The monoisotopic (exact) mass is 326 g/mol. The highest BCUT2D eigenvalue weighted by Gasteiger charge is 2.17. The minimum Gasteiger partial charge on any atom is -0.396 e. The van der Waals surface area contributed by atoms with Crippen molar-refractivity contribution >= 4 is 23.2 Å². The number of carbonyl (C=O) groups excluding carboxylic acids is 1. The van der Waals surface area contributed by atoms with E-state index in [1.54, 1.807) is 12.1 Å². The van der Waals surface area contributed by atoms with Gasteiger partial charge in [0, 0.05) is 32.7 Å². The Balaban J connectivity index is 2.49. The normalized spacial score (nSPS) is 11.7. The number of nitrogens with one attached hydrogen (secondary N) is 1. The van der Waals surface area contributed by atoms with Gasteiger partial charge in [0.2, 0.25) is 5.91 Å². The standard InChI is InChI=1S/C17H27ClN2O2/c1-17(2,3)13-20(10-6-12-21)11-9-16(22)19-15-8-5-4-7-14(15)18/h4-5,7-8,21H,6,9-13H2,1-3H3,(H,19,22). The molecule has 0 saturated heterocycles. The number of hydrogen-bond donors (Lipinski definition) is 2. The van der Waals surface area contributed by atoms with E-state index in [9.17, 15) is 4.79 Å². The Bertz CT molecular complexity index is 472. The SMILES string of the molecule is CC(C)(C)CN(CCCO)CCC(=O)Nc1ccccc1Cl. The second-order valence-corrected chi connectivity index (χ2v) is 7.10. The smallest absolute Gasteiger partial charge is 0.225 e. The molecule has 1 rings (SSSR count). The maximum atomic E-state index is 12.1. The van der Waals surface area contributed by atoms with Crippen LogP contribution in [0, 0.1) is 5.41 Å². The van der Waals surface area contributed by atoms with Crippen LogP contribution in [0.1, 0.15) is 33.6 Å². The summed E-state index contributed by atoms with van der Waals surface area (Å²) in [5, 5.41) is 12.4. The number of amides is 1. The molecular weight excluding hydrogens is 300 g/mol. The fourth-order valence-corrected chi connectivity index (χ4v) is 2.45.